The zero-order valence-corrected chi connectivity index (χ0v) is 16.3. The normalized spacial score (nSPS) is 11.9. The highest BCUT2D eigenvalue weighted by atomic mass is 19.4. The fraction of sp³-hybridized carbons (Fsp3) is 0.227. The molecule has 4 aromatic rings. The van der Waals surface area contributed by atoms with Gasteiger partial charge in [0, 0.05) is 17.9 Å². The van der Waals surface area contributed by atoms with Crippen molar-refractivity contribution in [3.05, 3.63) is 87.3 Å². The Morgan fingerprint density at radius 3 is 2.47 bits per heavy atom. The molecule has 0 aliphatic rings. The Morgan fingerprint density at radius 2 is 1.80 bits per heavy atom. The second kappa shape index (κ2) is 7.44. The Labute approximate surface area is 169 Å². The Morgan fingerprint density at radius 1 is 1.03 bits per heavy atom. The molecule has 30 heavy (non-hydrogen) atoms. The van der Waals surface area contributed by atoms with Crippen molar-refractivity contribution in [1.82, 2.24) is 14.7 Å². The van der Waals surface area contributed by atoms with E-state index in [2.05, 4.69) is 10.1 Å². The van der Waals surface area contributed by atoms with Crippen LogP contribution in [-0.2, 0) is 19.0 Å². The Hall–Kier alpha value is -3.42. The molecule has 0 saturated heterocycles. The van der Waals surface area contributed by atoms with Gasteiger partial charge >= 0.3 is 11.9 Å². The number of halogens is 3. The third-order valence-electron chi connectivity index (χ3n) is 4.94. The molecule has 0 spiro atoms. The number of aromatic nitrogens is 3. The second-order valence-electron chi connectivity index (χ2n) is 7.13. The van der Waals surface area contributed by atoms with Gasteiger partial charge < -0.3 is 4.52 Å². The summed E-state index contributed by atoms with van der Waals surface area (Å²) in [5, 5.41) is 4.31. The fourth-order valence-electron chi connectivity index (χ4n) is 3.48. The monoisotopic (exact) mass is 413 g/mol. The summed E-state index contributed by atoms with van der Waals surface area (Å²) in [5.74, 6) is 0.623. The van der Waals surface area contributed by atoms with Crippen LogP contribution in [0.2, 0.25) is 0 Å². The number of aryl methyl sites for hydroxylation is 4. The Kier molecular flexibility index (Phi) is 4.93. The van der Waals surface area contributed by atoms with E-state index >= 15 is 0 Å². The Balaban J connectivity index is 1.92. The van der Waals surface area contributed by atoms with Crippen LogP contribution in [0.3, 0.4) is 0 Å². The number of nitrogens with zero attached hydrogens (tertiary/aromatic N) is 3. The molecule has 0 unspecified atom stereocenters. The van der Waals surface area contributed by atoms with Gasteiger partial charge in [0.1, 0.15) is 5.76 Å². The molecular formula is C22H18F3N3O2. The molecular weight excluding hydrogens is 395 g/mol. The average Bonchev–Trinajstić information content (AvgIpc) is 3.11. The molecule has 0 bridgehead atoms. The van der Waals surface area contributed by atoms with Gasteiger partial charge in [-0.25, -0.2) is 4.79 Å². The van der Waals surface area contributed by atoms with Crippen molar-refractivity contribution in [2.45, 2.75) is 32.9 Å². The standard InChI is InChI=1S/C22H18F3N3O2/c1-13-5-3-4-6-19(13)28-20-12-15(22(23,24)25)7-9-17(20)18(26-21(28)29)10-8-16-11-14(2)27-30-16/h3-7,9,11-12H,8,10H2,1-2H3. The van der Waals surface area contributed by atoms with Crippen molar-refractivity contribution in [2.75, 3.05) is 0 Å². The molecule has 2 aromatic heterocycles. The van der Waals surface area contributed by atoms with E-state index in [1.54, 1.807) is 44.2 Å². The third kappa shape index (κ3) is 3.72. The van der Waals surface area contributed by atoms with E-state index in [9.17, 15) is 18.0 Å². The number of hydrogen-bond acceptors (Lipinski definition) is 4. The number of alkyl halides is 3. The van der Waals surface area contributed by atoms with Crippen molar-refractivity contribution >= 4 is 10.9 Å². The topological polar surface area (TPSA) is 60.9 Å². The average molecular weight is 413 g/mol. The van der Waals surface area contributed by atoms with Crippen LogP contribution in [0.1, 0.15) is 28.3 Å². The van der Waals surface area contributed by atoms with Crippen LogP contribution < -0.4 is 5.69 Å². The van der Waals surface area contributed by atoms with Gasteiger partial charge in [0.2, 0.25) is 0 Å². The number of fused-ring (bicyclic) bond motifs is 1. The van der Waals surface area contributed by atoms with Crippen LogP contribution in [0, 0.1) is 13.8 Å². The molecule has 0 saturated carbocycles. The van der Waals surface area contributed by atoms with Crippen LogP contribution in [0.25, 0.3) is 16.6 Å². The van der Waals surface area contributed by atoms with E-state index in [4.69, 9.17) is 4.52 Å². The van der Waals surface area contributed by atoms with E-state index < -0.39 is 17.4 Å². The molecule has 0 amide bonds. The van der Waals surface area contributed by atoms with Crippen LogP contribution in [-0.4, -0.2) is 14.7 Å². The third-order valence-corrected chi connectivity index (χ3v) is 4.94. The van der Waals surface area contributed by atoms with Crippen LogP contribution >= 0.6 is 0 Å². The Bertz CT molecular complexity index is 1290. The molecule has 154 valence electrons. The van der Waals surface area contributed by atoms with E-state index in [1.807, 2.05) is 0 Å². The highest BCUT2D eigenvalue weighted by Gasteiger charge is 2.31. The molecule has 2 aromatic carbocycles. The van der Waals surface area contributed by atoms with Crippen molar-refractivity contribution in [2.24, 2.45) is 0 Å². The zero-order chi connectivity index (χ0) is 21.5. The lowest BCUT2D eigenvalue weighted by Crippen LogP contribution is -2.25. The first-order valence-corrected chi connectivity index (χ1v) is 9.35. The molecule has 4 rings (SSSR count). The molecule has 5 nitrogen and oxygen atoms in total. The second-order valence-corrected chi connectivity index (χ2v) is 7.13. The van der Waals surface area contributed by atoms with Crippen molar-refractivity contribution < 1.29 is 17.7 Å². The van der Waals surface area contributed by atoms with Crippen LogP contribution in [0.15, 0.2) is 57.8 Å². The molecule has 0 aliphatic heterocycles. The predicted molar refractivity (Wildman–Crippen MR) is 106 cm³/mol. The lowest BCUT2D eigenvalue weighted by atomic mass is 10.0. The van der Waals surface area contributed by atoms with Crippen molar-refractivity contribution in [3.8, 4) is 5.69 Å². The molecule has 0 fully saturated rings. The molecule has 0 N–H and O–H groups in total. The van der Waals surface area contributed by atoms with E-state index in [0.717, 1.165) is 23.4 Å². The predicted octanol–water partition coefficient (Wildman–Crippen LogP) is 4.79. The molecule has 0 radical (unpaired) electrons. The quantitative estimate of drug-likeness (QED) is 0.482. The summed E-state index contributed by atoms with van der Waals surface area (Å²) in [6, 6.07) is 12.2. The maximum Gasteiger partial charge on any atom is 0.416 e. The van der Waals surface area contributed by atoms with Crippen LogP contribution in [0.5, 0.6) is 0 Å². The van der Waals surface area contributed by atoms with Gasteiger partial charge in [-0.3, -0.25) is 4.57 Å². The molecule has 2 heterocycles. The molecule has 0 atom stereocenters. The summed E-state index contributed by atoms with van der Waals surface area (Å²) < 4.78 is 46.6. The summed E-state index contributed by atoms with van der Waals surface area (Å²) >= 11 is 0. The highest BCUT2D eigenvalue weighted by Crippen LogP contribution is 2.32. The maximum atomic E-state index is 13.4. The van der Waals surface area contributed by atoms with Gasteiger partial charge in [-0.1, -0.05) is 29.4 Å². The highest BCUT2D eigenvalue weighted by molar-refractivity contribution is 5.84. The lowest BCUT2D eigenvalue weighted by Gasteiger charge is -2.16. The van der Waals surface area contributed by atoms with E-state index in [0.29, 0.717) is 35.4 Å². The summed E-state index contributed by atoms with van der Waals surface area (Å²) in [7, 11) is 0. The first-order chi connectivity index (χ1) is 14.2. The number of para-hydroxylation sites is 1. The van der Waals surface area contributed by atoms with Gasteiger partial charge in [0.15, 0.2) is 0 Å². The van der Waals surface area contributed by atoms with Crippen molar-refractivity contribution in [1.29, 1.82) is 0 Å². The maximum absolute atomic E-state index is 13.4. The number of benzene rings is 2. The van der Waals surface area contributed by atoms with E-state index in [-0.39, 0.29) is 5.52 Å². The minimum atomic E-state index is -4.53. The fourth-order valence-corrected chi connectivity index (χ4v) is 3.48. The van der Waals surface area contributed by atoms with Gasteiger partial charge in [-0.15, -0.1) is 0 Å². The van der Waals surface area contributed by atoms with Crippen LogP contribution in [0.4, 0.5) is 13.2 Å². The van der Waals surface area contributed by atoms with Gasteiger partial charge in [0.05, 0.1) is 28.2 Å². The summed E-state index contributed by atoms with van der Waals surface area (Å²) in [5.41, 5.74) is 1.12. The first kappa shape index (κ1) is 19.9. The summed E-state index contributed by atoms with van der Waals surface area (Å²) in [4.78, 5) is 17.1. The first-order valence-electron chi connectivity index (χ1n) is 9.35. The molecule has 0 aliphatic carbocycles. The van der Waals surface area contributed by atoms with Gasteiger partial charge in [0.25, 0.3) is 0 Å². The minimum absolute atomic E-state index is 0.169. The molecule has 8 heteroatoms. The minimum Gasteiger partial charge on any atom is -0.361 e. The van der Waals surface area contributed by atoms with Gasteiger partial charge in [-0.2, -0.15) is 18.2 Å². The van der Waals surface area contributed by atoms with Gasteiger partial charge in [-0.05, 0) is 44.0 Å². The smallest absolute Gasteiger partial charge is 0.361 e. The largest absolute Gasteiger partial charge is 0.416 e. The summed E-state index contributed by atoms with van der Waals surface area (Å²) in [6.07, 6.45) is -3.76. The zero-order valence-electron chi connectivity index (χ0n) is 16.3. The van der Waals surface area contributed by atoms with Crippen molar-refractivity contribution in [3.63, 3.8) is 0 Å². The lowest BCUT2D eigenvalue weighted by molar-refractivity contribution is -0.137. The SMILES string of the molecule is Cc1cc(CCc2nc(=O)n(-c3ccccc3C)c3cc(C(F)(F)F)ccc23)on1. The van der Waals surface area contributed by atoms with E-state index in [1.165, 1.54) is 10.6 Å². The number of rotatable bonds is 4. The summed E-state index contributed by atoms with van der Waals surface area (Å²) in [6.45, 7) is 3.59. The number of hydrogen-bond donors (Lipinski definition) is 0.